The third-order valence-electron chi connectivity index (χ3n) is 2.57. The summed E-state index contributed by atoms with van der Waals surface area (Å²) in [7, 11) is 0. The number of aromatic nitrogens is 3. The van der Waals surface area contributed by atoms with Crippen molar-refractivity contribution in [1.82, 2.24) is 14.8 Å². The summed E-state index contributed by atoms with van der Waals surface area (Å²) in [6.45, 7) is 4.13. The molecule has 1 aromatic carbocycles. The fourth-order valence-corrected chi connectivity index (χ4v) is 2.72. The molecule has 0 amide bonds. The largest absolute Gasteiger partial charge is 0.308 e. The van der Waals surface area contributed by atoms with Crippen molar-refractivity contribution in [2.75, 3.05) is 0 Å². The predicted octanol–water partition coefficient (Wildman–Crippen LogP) is 4.32. The van der Waals surface area contributed by atoms with Crippen molar-refractivity contribution < 1.29 is 4.39 Å². The number of nitrogens with zero attached hydrogens (tertiary/aromatic N) is 3. The summed E-state index contributed by atoms with van der Waals surface area (Å²) >= 11 is 6.76. The molecule has 6 heteroatoms. The van der Waals surface area contributed by atoms with Crippen LogP contribution in [0.2, 0.25) is 0 Å². The van der Waals surface area contributed by atoms with Crippen LogP contribution >= 0.6 is 31.9 Å². The van der Waals surface area contributed by atoms with E-state index in [1.54, 1.807) is 6.07 Å². The van der Waals surface area contributed by atoms with Crippen LogP contribution in [0.15, 0.2) is 22.7 Å². The predicted molar refractivity (Wildman–Crippen MR) is 76.1 cm³/mol. The Morgan fingerprint density at radius 2 is 2.06 bits per heavy atom. The first-order valence-corrected chi connectivity index (χ1v) is 7.41. The van der Waals surface area contributed by atoms with E-state index < -0.39 is 0 Å². The smallest absolute Gasteiger partial charge is 0.165 e. The Hall–Kier alpha value is -0.750. The SMILES string of the molecule is CC(C)n1c(CBr)nnc1-c1ccc(F)cc1Br. The maximum Gasteiger partial charge on any atom is 0.165 e. The van der Waals surface area contributed by atoms with Gasteiger partial charge < -0.3 is 4.57 Å². The lowest BCUT2D eigenvalue weighted by molar-refractivity contribution is 0.585. The summed E-state index contributed by atoms with van der Waals surface area (Å²) in [5.41, 5.74) is 0.838. The Bertz CT molecular complexity index is 566. The van der Waals surface area contributed by atoms with Crippen molar-refractivity contribution in [3.63, 3.8) is 0 Å². The van der Waals surface area contributed by atoms with Gasteiger partial charge in [0.1, 0.15) is 11.6 Å². The fraction of sp³-hybridized carbons (Fsp3) is 0.333. The summed E-state index contributed by atoms with van der Waals surface area (Å²) in [6.07, 6.45) is 0. The highest BCUT2D eigenvalue weighted by atomic mass is 79.9. The van der Waals surface area contributed by atoms with E-state index in [-0.39, 0.29) is 11.9 Å². The standard InChI is InChI=1S/C12H12Br2FN3/c1-7(2)18-11(6-13)16-17-12(18)9-4-3-8(15)5-10(9)14/h3-5,7H,6H2,1-2H3. The summed E-state index contributed by atoms with van der Waals surface area (Å²) < 4.78 is 15.8. The van der Waals surface area contributed by atoms with Gasteiger partial charge in [-0.25, -0.2) is 4.39 Å². The molecule has 3 nitrogen and oxygen atoms in total. The normalized spacial score (nSPS) is 11.2. The molecule has 96 valence electrons. The number of hydrogen-bond donors (Lipinski definition) is 0. The Morgan fingerprint density at radius 3 is 2.61 bits per heavy atom. The minimum Gasteiger partial charge on any atom is -0.308 e. The average Bonchev–Trinajstić information content (AvgIpc) is 2.72. The van der Waals surface area contributed by atoms with Gasteiger partial charge in [0.25, 0.3) is 0 Å². The van der Waals surface area contributed by atoms with Gasteiger partial charge in [0.15, 0.2) is 5.82 Å². The lowest BCUT2D eigenvalue weighted by Crippen LogP contribution is -2.07. The second kappa shape index (κ2) is 5.48. The lowest BCUT2D eigenvalue weighted by Gasteiger charge is -2.13. The molecule has 0 aliphatic carbocycles. The van der Waals surface area contributed by atoms with Gasteiger partial charge in [0, 0.05) is 16.1 Å². The third kappa shape index (κ3) is 2.49. The van der Waals surface area contributed by atoms with Gasteiger partial charge in [-0.3, -0.25) is 0 Å². The summed E-state index contributed by atoms with van der Waals surface area (Å²) in [4.78, 5) is 0. The zero-order chi connectivity index (χ0) is 13.3. The van der Waals surface area contributed by atoms with Crippen LogP contribution in [-0.2, 0) is 5.33 Å². The zero-order valence-corrected chi connectivity index (χ0v) is 13.2. The zero-order valence-electron chi connectivity index (χ0n) is 9.99. The Balaban J connectivity index is 2.60. The fourth-order valence-electron chi connectivity index (χ4n) is 1.81. The number of benzene rings is 1. The van der Waals surface area contributed by atoms with E-state index in [9.17, 15) is 4.39 Å². The molecule has 0 aliphatic rings. The second-order valence-corrected chi connectivity index (χ2v) is 5.58. The summed E-state index contributed by atoms with van der Waals surface area (Å²) in [5, 5.41) is 8.98. The topological polar surface area (TPSA) is 30.7 Å². The highest BCUT2D eigenvalue weighted by molar-refractivity contribution is 9.10. The molecule has 0 fully saturated rings. The number of halogens is 3. The average molecular weight is 377 g/mol. The number of alkyl halides is 1. The van der Waals surface area contributed by atoms with Crippen LogP contribution in [0.4, 0.5) is 4.39 Å². The molecule has 0 radical (unpaired) electrons. The van der Waals surface area contributed by atoms with Crippen LogP contribution in [0.25, 0.3) is 11.4 Å². The van der Waals surface area contributed by atoms with Gasteiger partial charge in [-0.1, -0.05) is 15.9 Å². The molecule has 1 aromatic heterocycles. The van der Waals surface area contributed by atoms with E-state index in [4.69, 9.17) is 0 Å². The van der Waals surface area contributed by atoms with Crippen LogP contribution < -0.4 is 0 Å². The molecule has 0 spiro atoms. The van der Waals surface area contributed by atoms with E-state index in [2.05, 4.69) is 55.9 Å². The molecule has 2 aromatic rings. The van der Waals surface area contributed by atoms with Gasteiger partial charge >= 0.3 is 0 Å². The monoisotopic (exact) mass is 375 g/mol. The van der Waals surface area contributed by atoms with Crippen LogP contribution in [0.3, 0.4) is 0 Å². The van der Waals surface area contributed by atoms with Crippen LogP contribution in [0.1, 0.15) is 25.7 Å². The molecule has 0 saturated heterocycles. The number of rotatable bonds is 3. The van der Waals surface area contributed by atoms with Crippen molar-refractivity contribution in [2.24, 2.45) is 0 Å². The van der Waals surface area contributed by atoms with Gasteiger partial charge in [0.05, 0.1) is 5.33 Å². The van der Waals surface area contributed by atoms with E-state index >= 15 is 0 Å². The molecule has 1 heterocycles. The Morgan fingerprint density at radius 1 is 1.33 bits per heavy atom. The minimum absolute atomic E-state index is 0.236. The summed E-state index contributed by atoms with van der Waals surface area (Å²) in [5.74, 6) is 1.32. The lowest BCUT2D eigenvalue weighted by atomic mass is 10.2. The quantitative estimate of drug-likeness (QED) is 0.746. The van der Waals surface area contributed by atoms with Crippen molar-refractivity contribution in [2.45, 2.75) is 25.2 Å². The molecular formula is C12H12Br2FN3. The molecular weight excluding hydrogens is 365 g/mol. The van der Waals surface area contributed by atoms with E-state index in [1.165, 1.54) is 12.1 Å². The van der Waals surface area contributed by atoms with Gasteiger partial charge in [-0.15, -0.1) is 10.2 Å². The maximum absolute atomic E-state index is 13.1. The van der Waals surface area contributed by atoms with Crippen molar-refractivity contribution in [1.29, 1.82) is 0 Å². The first kappa shape index (κ1) is 13.7. The van der Waals surface area contributed by atoms with Crippen molar-refractivity contribution >= 4 is 31.9 Å². The minimum atomic E-state index is -0.276. The Kier molecular flexibility index (Phi) is 4.17. The number of hydrogen-bond acceptors (Lipinski definition) is 2. The second-order valence-electron chi connectivity index (χ2n) is 4.16. The van der Waals surface area contributed by atoms with Crippen LogP contribution in [0, 0.1) is 5.82 Å². The van der Waals surface area contributed by atoms with Crippen LogP contribution in [0.5, 0.6) is 0 Å². The molecule has 0 aliphatic heterocycles. The van der Waals surface area contributed by atoms with Crippen LogP contribution in [-0.4, -0.2) is 14.8 Å². The molecule has 0 bridgehead atoms. The van der Waals surface area contributed by atoms with Gasteiger partial charge in [-0.05, 0) is 48.0 Å². The molecule has 0 N–H and O–H groups in total. The molecule has 2 rings (SSSR count). The van der Waals surface area contributed by atoms with E-state index in [0.29, 0.717) is 9.80 Å². The van der Waals surface area contributed by atoms with Gasteiger partial charge in [0.2, 0.25) is 0 Å². The molecule has 18 heavy (non-hydrogen) atoms. The van der Waals surface area contributed by atoms with E-state index in [0.717, 1.165) is 17.2 Å². The van der Waals surface area contributed by atoms with Crippen molar-refractivity contribution in [3.8, 4) is 11.4 Å². The Labute approximate surface area is 122 Å². The highest BCUT2D eigenvalue weighted by Crippen LogP contribution is 2.30. The third-order valence-corrected chi connectivity index (χ3v) is 3.73. The maximum atomic E-state index is 13.1. The molecule has 0 saturated carbocycles. The molecule has 0 unspecified atom stereocenters. The first-order valence-electron chi connectivity index (χ1n) is 5.49. The molecule has 0 atom stereocenters. The van der Waals surface area contributed by atoms with Gasteiger partial charge in [-0.2, -0.15) is 0 Å². The highest BCUT2D eigenvalue weighted by Gasteiger charge is 2.17. The summed E-state index contributed by atoms with van der Waals surface area (Å²) in [6, 6.07) is 4.80. The van der Waals surface area contributed by atoms with Crippen molar-refractivity contribution in [3.05, 3.63) is 34.3 Å². The first-order chi connectivity index (χ1) is 8.54. The van der Waals surface area contributed by atoms with E-state index in [1.807, 2.05) is 4.57 Å².